The lowest BCUT2D eigenvalue weighted by atomic mass is 10.1. The number of nitrogens with zero attached hydrogens (tertiary/aromatic N) is 1. The predicted octanol–water partition coefficient (Wildman–Crippen LogP) is 1.88. The molecular weight excluding hydrogens is 353 g/mol. The Labute approximate surface area is 147 Å². The fraction of sp³-hybridized carbons (Fsp3) is 0.471. The van der Waals surface area contributed by atoms with Crippen LogP contribution in [0.25, 0.3) is 0 Å². The zero-order valence-electron chi connectivity index (χ0n) is 13.7. The average Bonchev–Trinajstić information content (AvgIpc) is 3.31. The maximum atomic E-state index is 12.8. The van der Waals surface area contributed by atoms with Gasteiger partial charge in [-0.15, -0.1) is 0 Å². The normalized spacial score (nSPS) is 20.2. The van der Waals surface area contributed by atoms with Gasteiger partial charge in [-0.3, -0.25) is 14.4 Å². The second-order valence-corrected chi connectivity index (χ2v) is 6.40. The van der Waals surface area contributed by atoms with E-state index < -0.39 is 42.0 Å². The monoisotopic (exact) mass is 370 g/mol. The van der Waals surface area contributed by atoms with Crippen LogP contribution < -0.4 is 10.2 Å². The highest BCUT2D eigenvalue weighted by Gasteiger charge is 2.38. The summed E-state index contributed by atoms with van der Waals surface area (Å²) in [5, 5.41) is 2.66. The third kappa shape index (κ3) is 4.33. The van der Waals surface area contributed by atoms with E-state index in [1.165, 1.54) is 12.1 Å². The first-order chi connectivity index (χ1) is 12.2. The van der Waals surface area contributed by atoms with E-state index in [1.54, 1.807) is 0 Å². The summed E-state index contributed by atoms with van der Waals surface area (Å²) in [4.78, 5) is 36.8. The number of alkyl halides is 3. The number of esters is 1. The van der Waals surface area contributed by atoms with E-state index in [9.17, 15) is 27.6 Å². The lowest BCUT2D eigenvalue weighted by Crippen LogP contribution is -2.32. The summed E-state index contributed by atoms with van der Waals surface area (Å²) < 4.78 is 43.4. The molecule has 140 valence electrons. The Kier molecular flexibility index (Phi) is 4.88. The van der Waals surface area contributed by atoms with E-state index >= 15 is 0 Å². The van der Waals surface area contributed by atoms with Crippen molar-refractivity contribution in [2.75, 3.05) is 18.1 Å². The van der Waals surface area contributed by atoms with Crippen molar-refractivity contribution in [3.63, 3.8) is 0 Å². The first-order valence-electron chi connectivity index (χ1n) is 8.17. The predicted molar refractivity (Wildman–Crippen MR) is 84.0 cm³/mol. The molecule has 0 unspecified atom stereocenters. The zero-order valence-corrected chi connectivity index (χ0v) is 13.7. The van der Waals surface area contributed by atoms with Crippen LogP contribution in [0.1, 0.15) is 24.8 Å². The fourth-order valence-electron chi connectivity index (χ4n) is 2.72. The maximum absolute atomic E-state index is 12.8. The number of rotatable bonds is 5. The van der Waals surface area contributed by atoms with Crippen LogP contribution in [-0.4, -0.2) is 37.0 Å². The van der Waals surface area contributed by atoms with Crippen LogP contribution >= 0.6 is 0 Å². The molecule has 1 heterocycles. The highest BCUT2D eigenvalue weighted by atomic mass is 19.4. The van der Waals surface area contributed by atoms with Gasteiger partial charge >= 0.3 is 12.1 Å². The number of nitrogens with one attached hydrogen (secondary N) is 1. The molecule has 2 fully saturated rings. The topological polar surface area (TPSA) is 75.7 Å². The Morgan fingerprint density at radius 1 is 1.27 bits per heavy atom. The highest BCUT2D eigenvalue weighted by Crippen LogP contribution is 2.33. The van der Waals surface area contributed by atoms with Crippen LogP contribution in [0.3, 0.4) is 0 Å². The number of carbonyl (C=O) groups excluding carboxylic acids is 3. The first-order valence-corrected chi connectivity index (χ1v) is 8.17. The number of hydrogen-bond donors (Lipinski definition) is 1. The van der Waals surface area contributed by atoms with Gasteiger partial charge in [0.25, 0.3) is 5.91 Å². The van der Waals surface area contributed by atoms with Gasteiger partial charge in [-0.05, 0) is 31.0 Å². The van der Waals surface area contributed by atoms with Crippen molar-refractivity contribution < 1.29 is 32.3 Å². The van der Waals surface area contributed by atoms with Crippen LogP contribution in [0, 0.1) is 5.92 Å². The first kappa shape index (κ1) is 18.2. The largest absolute Gasteiger partial charge is 0.455 e. The number of hydrogen-bond acceptors (Lipinski definition) is 4. The van der Waals surface area contributed by atoms with Crippen LogP contribution in [0.5, 0.6) is 0 Å². The average molecular weight is 370 g/mol. The van der Waals surface area contributed by atoms with E-state index in [1.807, 2.05) is 0 Å². The molecule has 0 spiro atoms. The number of anilines is 1. The third-order valence-electron chi connectivity index (χ3n) is 4.23. The molecule has 9 heteroatoms. The summed E-state index contributed by atoms with van der Waals surface area (Å²) in [6, 6.07) is 4.51. The number of benzene rings is 1. The van der Waals surface area contributed by atoms with Crippen molar-refractivity contribution >= 4 is 23.5 Å². The number of halogens is 3. The molecule has 6 nitrogen and oxygen atoms in total. The zero-order chi connectivity index (χ0) is 18.9. The minimum Gasteiger partial charge on any atom is -0.455 e. The Morgan fingerprint density at radius 3 is 2.65 bits per heavy atom. The van der Waals surface area contributed by atoms with Gasteiger partial charge < -0.3 is 15.0 Å². The van der Waals surface area contributed by atoms with Crippen LogP contribution in [0.15, 0.2) is 24.3 Å². The smallest absolute Gasteiger partial charge is 0.416 e. The van der Waals surface area contributed by atoms with Gasteiger partial charge in [0.1, 0.15) is 0 Å². The quantitative estimate of drug-likeness (QED) is 0.803. The lowest BCUT2D eigenvalue weighted by Gasteiger charge is -2.18. The number of amides is 2. The molecule has 1 saturated carbocycles. The Hall–Kier alpha value is -2.58. The van der Waals surface area contributed by atoms with Gasteiger partial charge in [-0.2, -0.15) is 13.2 Å². The van der Waals surface area contributed by atoms with Gasteiger partial charge in [-0.1, -0.05) is 6.07 Å². The van der Waals surface area contributed by atoms with Crippen molar-refractivity contribution in [3.8, 4) is 0 Å². The molecule has 0 bridgehead atoms. The van der Waals surface area contributed by atoms with Gasteiger partial charge in [0.05, 0.1) is 11.5 Å². The van der Waals surface area contributed by atoms with E-state index in [0.717, 1.165) is 29.9 Å². The Balaban J connectivity index is 1.59. The van der Waals surface area contributed by atoms with Gasteiger partial charge in [-0.25, -0.2) is 0 Å². The molecule has 1 saturated heterocycles. The molecule has 0 aromatic heterocycles. The van der Waals surface area contributed by atoms with E-state index in [4.69, 9.17) is 4.74 Å². The van der Waals surface area contributed by atoms with Gasteiger partial charge in [0.15, 0.2) is 6.61 Å². The van der Waals surface area contributed by atoms with Crippen molar-refractivity contribution in [3.05, 3.63) is 29.8 Å². The lowest BCUT2D eigenvalue weighted by molar-refractivity contribution is -0.152. The van der Waals surface area contributed by atoms with Crippen molar-refractivity contribution in [2.24, 2.45) is 5.92 Å². The molecule has 3 rings (SSSR count). The molecule has 26 heavy (non-hydrogen) atoms. The molecule has 0 radical (unpaired) electrons. The van der Waals surface area contributed by atoms with Crippen molar-refractivity contribution in [1.82, 2.24) is 5.32 Å². The molecular formula is C17H17F3N2O4. The molecule has 1 aromatic rings. The molecule has 2 aliphatic rings. The summed E-state index contributed by atoms with van der Waals surface area (Å²) >= 11 is 0. The minimum absolute atomic E-state index is 0.0756. The molecule has 1 atom stereocenters. The van der Waals surface area contributed by atoms with Crippen LogP contribution in [0.2, 0.25) is 0 Å². The SMILES string of the molecule is O=C(COC(=O)[C@H]1CC(=O)N(c2cccc(C(F)(F)F)c2)C1)NC1CC1. The number of carbonyl (C=O) groups is 3. The standard InChI is InChI=1S/C17H17F3N2O4/c18-17(19,20)11-2-1-3-13(7-11)22-8-10(6-15(22)24)16(25)26-9-14(23)21-12-4-5-12/h1-3,7,10,12H,4-6,8-9H2,(H,21,23)/t10-/m0/s1. The van der Waals surface area contributed by atoms with Crippen LogP contribution in [0.4, 0.5) is 18.9 Å². The van der Waals surface area contributed by atoms with Gasteiger partial charge in [0.2, 0.25) is 5.91 Å². The molecule has 2 amide bonds. The van der Waals surface area contributed by atoms with Crippen molar-refractivity contribution in [1.29, 1.82) is 0 Å². The fourth-order valence-corrected chi connectivity index (χ4v) is 2.72. The minimum atomic E-state index is -4.52. The summed E-state index contributed by atoms with van der Waals surface area (Å²) in [6.45, 7) is -0.507. The summed E-state index contributed by atoms with van der Waals surface area (Å²) in [6.07, 6.45) is -2.88. The Morgan fingerprint density at radius 2 is 2.00 bits per heavy atom. The molecule has 1 N–H and O–H groups in total. The molecule has 1 aliphatic carbocycles. The van der Waals surface area contributed by atoms with E-state index in [0.29, 0.717) is 0 Å². The molecule has 1 aromatic carbocycles. The summed E-state index contributed by atoms with van der Waals surface area (Å²) in [7, 11) is 0. The second kappa shape index (κ2) is 6.97. The Bertz CT molecular complexity index is 731. The molecule has 1 aliphatic heterocycles. The summed E-state index contributed by atoms with van der Waals surface area (Å²) in [5.74, 6) is -2.39. The van der Waals surface area contributed by atoms with Crippen LogP contribution in [-0.2, 0) is 25.3 Å². The van der Waals surface area contributed by atoms with Gasteiger partial charge in [0, 0.05) is 24.7 Å². The van der Waals surface area contributed by atoms with E-state index in [-0.39, 0.29) is 24.7 Å². The van der Waals surface area contributed by atoms with E-state index in [2.05, 4.69) is 5.32 Å². The summed E-state index contributed by atoms with van der Waals surface area (Å²) in [5.41, 5.74) is -0.794. The number of ether oxygens (including phenoxy) is 1. The third-order valence-corrected chi connectivity index (χ3v) is 4.23. The highest BCUT2D eigenvalue weighted by molar-refractivity contribution is 5.99. The second-order valence-electron chi connectivity index (χ2n) is 6.40. The van der Waals surface area contributed by atoms with Crippen molar-refractivity contribution in [2.45, 2.75) is 31.5 Å². The maximum Gasteiger partial charge on any atom is 0.416 e.